The standard InChI is InChI=1S/C16H24N2O5/c1-16(2,3)23-15(20)17-10-13-7-5-4-6-12(13)8-9-14(19)11-18(21)22/h4-7,14,19H,8-11H2,1-3H3,(H,17,20). The Morgan fingerprint density at radius 1 is 1.35 bits per heavy atom. The normalized spacial score (nSPS) is 12.5. The Labute approximate surface area is 135 Å². The third-order valence-corrected chi connectivity index (χ3v) is 3.05. The number of nitrogens with zero attached hydrogens (tertiary/aromatic N) is 1. The zero-order valence-electron chi connectivity index (χ0n) is 13.7. The van der Waals surface area contributed by atoms with Crippen LogP contribution in [0.15, 0.2) is 24.3 Å². The SMILES string of the molecule is CC(C)(C)OC(=O)NCc1ccccc1CCC(O)C[N+](=O)[O-]. The molecule has 0 bridgehead atoms. The summed E-state index contributed by atoms with van der Waals surface area (Å²) in [7, 11) is 0. The first-order valence-electron chi connectivity index (χ1n) is 7.51. The van der Waals surface area contributed by atoms with Gasteiger partial charge in [-0.15, -0.1) is 0 Å². The number of hydrogen-bond acceptors (Lipinski definition) is 5. The number of aliphatic hydroxyl groups is 1. The minimum atomic E-state index is -0.975. The lowest BCUT2D eigenvalue weighted by Gasteiger charge is -2.20. The third-order valence-electron chi connectivity index (χ3n) is 3.05. The predicted octanol–water partition coefficient (Wildman–Crippen LogP) is 2.28. The Morgan fingerprint density at radius 2 is 1.96 bits per heavy atom. The molecule has 0 radical (unpaired) electrons. The van der Waals surface area contributed by atoms with Gasteiger partial charge >= 0.3 is 6.09 Å². The molecule has 1 amide bonds. The highest BCUT2D eigenvalue weighted by Crippen LogP contribution is 2.13. The van der Waals surface area contributed by atoms with E-state index in [1.165, 1.54) is 0 Å². The number of rotatable bonds is 7. The molecule has 1 rings (SSSR count). The summed E-state index contributed by atoms with van der Waals surface area (Å²) in [4.78, 5) is 21.5. The molecule has 0 saturated heterocycles. The molecule has 0 aliphatic heterocycles. The first-order chi connectivity index (χ1) is 10.7. The topological polar surface area (TPSA) is 102 Å². The highest BCUT2D eigenvalue weighted by Gasteiger charge is 2.16. The van der Waals surface area contributed by atoms with Crippen LogP contribution in [0, 0.1) is 10.1 Å². The number of aliphatic hydroxyl groups excluding tert-OH is 1. The van der Waals surface area contributed by atoms with Gasteiger partial charge in [0.1, 0.15) is 11.7 Å². The number of nitro groups is 1. The molecular weight excluding hydrogens is 300 g/mol. The van der Waals surface area contributed by atoms with Gasteiger partial charge in [0.25, 0.3) is 0 Å². The minimum Gasteiger partial charge on any atom is -0.444 e. The van der Waals surface area contributed by atoms with Crippen molar-refractivity contribution in [3.63, 3.8) is 0 Å². The van der Waals surface area contributed by atoms with Crippen LogP contribution in [0.2, 0.25) is 0 Å². The Bertz CT molecular complexity index is 540. The number of ether oxygens (including phenoxy) is 1. The van der Waals surface area contributed by atoms with Crippen LogP contribution in [0.5, 0.6) is 0 Å². The lowest BCUT2D eigenvalue weighted by molar-refractivity contribution is -0.490. The molecule has 1 atom stereocenters. The Hall–Kier alpha value is -2.15. The van der Waals surface area contributed by atoms with Gasteiger partial charge in [0.05, 0.1) is 0 Å². The summed E-state index contributed by atoms with van der Waals surface area (Å²) < 4.78 is 5.18. The molecule has 7 heteroatoms. The van der Waals surface area contributed by atoms with E-state index in [0.29, 0.717) is 19.4 Å². The Balaban J connectivity index is 2.57. The maximum Gasteiger partial charge on any atom is 0.407 e. The van der Waals surface area contributed by atoms with E-state index in [-0.39, 0.29) is 0 Å². The Morgan fingerprint density at radius 3 is 2.52 bits per heavy atom. The molecule has 0 fully saturated rings. The van der Waals surface area contributed by atoms with Crippen molar-refractivity contribution < 1.29 is 19.6 Å². The van der Waals surface area contributed by atoms with E-state index in [9.17, 15) is 20.0 Å². The van der Waals surface area contributed by atoms with Gasteiger partial charge in [-0.2, -0.15) is 0 Å². The van der Waals surface area contributed by atoms with E-state index in [0.717, 1.165) is 11.1 Å². The van der Waals surface area contributed by atoms with Crippen LogP contribution in [0.25, 0.3) is 0 Å². The number of carbonyl (C=O) groups excluding carboxylic acids is 1. The minimum absolute atomic E-state index is 0.296. The van der Waals surface area contributed by atoms with Crippen molar-refractivity contribution in [2.45, 2.75) is 51.9 Å². The average Bonchev–Trinajstić information content (AvgIpc) is 2.41. The summed E-state index contributed by atoms with van der Waals surface area (Å²) in [6.45, 7) is 5.21. The Kier molecular flexibility index (Phi) is 6.96. The van der Waals surface area contributed by atoms with E-state index in [1.807, 2.05) is 24.3 Å². The van der Waals surface area contributed by atoms with E-state index in [4.69, 9.17) is 4.74 Å². The monoisotopic (exact) mass is 324 g/mol. The quantitative estimate of drug-likeness (QED) is 0.592. The molecule has 1 aromatic carbocycles. The number of benzene rings is 1. The van der Waals surface area contributed by atoms with Crippen molar-refractivity contribution in [2.75, 3.05) is 6.54 Å². The first-order valence-corrected chi connectivity index (χ1v) is 7.51. The van der Waals surface area contributed by atoms with Gasteiger partial charge in [0.15, 0.2) is 0 Å². The van der Waals surface area contributed by atoms with Crippen LogP contribution in [0.3, 0.4) is 0 Å². The number of nitrogens with one attached hydrogen (secondary N) is 1. The van der Waals surface area contributed by atoms with Gasteiger partial charge in [-0.05, 0) is 44.7 Å². The highest BCUT2D eigenvalue weighted by molar-refractivity contribution is 5.67. The number of hydrogen-bond donors (Lipinski definition) is 2. The second kappa shape index (κ2) is 8.47. The summed E-state index contributed by atoms with van der Waals surface area (Å²) in [5, 5.41) is 22.6. The van der Waals surface area contributed by atoms with Crippen molar-refractivity contribution in [3.8, 4) is 0 Å². The van der Waals surface area contributed by atoms with Gasteiger partial charge in [-0.1, -0.05) is 24.3 Å². The summed E-state index contributed by atoms with van der Waals surface area (Å²) in [5.74, 6) is 0. The van der Waals surface area contributed by atoms with Crippen molar-refractivity contribution in [1.82, 2.24) is 5.32 Å². The third kappa shape index (κ3) is 8.15. The molecule has 0 heterocycles. The van der Waals surface area contributed by atoms with E-state index in [1.54, 1.807) is 20.8 Å². The molecular formula is C16H24N2O5. The fourth-order valence-electron chi connectivity index (χ4n) is 2.04. The zero-order valence-corrected chi connectivity index (χ0v) is 13.7. The van der Waals surface area contributed by atoms with Gasteiger partial charge in [-0.25, -0.2) is 4.79 Å². The van der Waals surface area contributed by atoms with Crippen LogP contribution >= 0.6 is 0 Å². The fraction of sp³-hybridized carbons (Fsp3) is 0.562. The molecule has 0 aromatic heterocycles. The van der Waals surface area contributed by atoms with Crippen LogP contribution in [-0.4, -0.2) is 34.4 Å². The van der Waals surface area contributed by atoms with Crippen LogP contribution < -0.4 is 5.32 Å². The number of amides is 1. The molecule has 0 aliphatic rings. The smallest absolute Gasteiger partial charge is 0.407 e. The van der Waals surface area contributed by atoms with E-state index < -0.39 is 29.3 Å². The van der Waals surface area contributed by atoms with E-state index in [2.05, 4.69) is 5.32 Å². The van der Waals surface area contributed by atoms with Gasteiger partial charge < -0.3 is 15.2 Å². The highest BCUT2D eigenvalue weighted by atomic mass is 16.6. The molecule has 0 saturated carbocycles. The van der Waals surface area contributed by atoms with Gasteiger partial charge in [0, 0.05) is 11.5 Å². The zero-order chi connectivity index (χ0) is 17.5. The van der Waals surface area contributed by atoms with E-state index >= 15 is 0 Å². The summed E-state index contributed by atoms with van der Waals surface area (Å²) >= 11 is 0. The number of alkyl carbamates (subject to hydrolysis) is 1. The van der Waals surface area contributed by atoms with Gasteiger partial charge in [-0.3, -0.25) is 10.1 Å². The van der Waals surface area contributed by atoms with Crippen LogP contribution in [0.1, 0.15) is 38.3 Å². The molecule has 2 N–H and O–H groups in total. The number of aryl methyl sites for hydroxylation is 1. The van der Waals surface area contributed by atoms with Gasteiger partial charge in [0.2, 0.25) is 6.54 Å². The molecule has 1 aromatic rings. The largest absolute Gasteiger partial charge is 0.444 e. The molecule has 0 aliphatic carbocycles. The predicted molar refractivity (Wildman–Crippen MR) is 85.7 cm³/mol. The lowest BCUT2D eigenvalue weighted by atomic mass is 10.0. The average molecular weight is 324 g/mol. The molecule has 0 spiro atoms. The first kappa shape index (κ1) is 18.9. The molecule has 1 unspecified atom stereocenters. The summed E-state index contributed by atoms with van der Waals surface area (Å²) in [5.41, 5.74) is 1.27. The maximum atomic E-state index is 11.7. The maximum absolute atomic E-state index is 11.7. The van der Waals surface area contributed by atoms with Crippen LogP contribution in [0.4, 0.5) is 4.79 Å². The molecule has 23 heavy (non-hydrogen) atoms. The summed E-state index contributed by atoms with van der Waals surface area (Å²) in [6.07, 6.45) is -0.677. The van der Waals surface area contributed by atoms with Crippen molar-refractivity contribution in [2.24, 2.45) is 0 Å². The molecule has 7 nitrogen and oxygen atoms in total. The fourth-order valence-corrected chi connectivity index (χ4v) is 2.04. The second-order valence-corrected chi connectivity index (χ2v) is 6.33. The second-order valence-electron chi connectivity index (χ2n) is 6.33. The van der Waals surface area contributed by atoms with Crippen molar-refractivity contribution in [1.29, 1.82) is 0 Å². The van der Waals surface area contributed by atoms with Crippen molar-refractivity contribution >= 4 is 6.09 Å². The van der Waals surface area contributed by atoms with Crippen molar-refractivity contribution in [3.05, 3.63) is 45.5 Å². The number of carbonyl (C=O) groups is 1. The lowest BCUT2D eigenvalue weighted by Crippen LogP contribution is -2.32. The summed E-state index contributed by atoms with van der Waals surface area (Å²) in [6, 6.07) is 7.45. The van der Waals surface area contributed by atoms with Crippen LogP contribution in [-0.2, 0) is 17.7 Å². The molecule has 128 valence electrons.